The van der Waals surface area contributed by atoms with E-state index in [2.05, 4.69) is 10.1 Å². The number of hydrogen-bond donors (Lipinski definition) is 1. The van der Waals surface area contributed by atoms with Gasteiger partial charge in [0, 0.05) is 11.1 Å². The molecule has 0 aromatic heterocycles. The van der Waals surface area contributed by atoms with E-state index < -0.39 is 23.7 Å². The number of amides is 3. The highest BCUT2D eigenvalue weighted by molar-refractivity contribution is 6.32. The zero-order valence-corrected chi connectivity index (χ0v) is 11.6. The van der Waals surface area contributed by atoms with E-state index in [-0.39, 0.29) is 23.0 Å². The lowest BCUT2D eigenvalue weighted by atomic mass is 10.2. The molecule has 110 valence electrons. The average Bonchev–Trinajstić information content (AvgIpc) is 2.66. The summed E-state index contributed by atoms with van der Waals surface area (Å²) in [6.07, 6.45) is 0.0242. The Morgan fingerprint density at radius 2 is 2.14 bits per heavy atom. The van der Waals surface area contributed by atoms with Crippen molar-refractivity contribution < 1.29 is 23.5 Å². The summed E-state index contributed by atoms with van der Waals surface area (Å²) in [5, 5.41) is 2.26. The minimum absolute atomic E-state index is 0.108. The van der Waals surface area contributed by atoms with Crippen LogP contribution in [0.25, 0.3) is 0 Å². The summed E-state index contributed by atoms with van der Waals surface area (Å²) in [6, 6.07) is 3.53. The lowest BCUT2D eigenvalue weighted by Crippen LogP contribution is -2.35. The van der Waals surface area contributed by atoms with Crippen molar-refractivity contribution in [3.8, 4) is 0 Å². The highest BCUT2D eigenvalue weighted by Gasteiger charge is 2.35. The van der Waals surface area contributed by atoms with Gasteiger partial charge in [0.25, 0.3) is 11.8 Å². The third-order valence-electron chi connectivity index (χ3n) is 2.58. The van der Waals surface area contributed by atoms with Crippen molar-refractivity contribution in [2.75, 3.05) is 11.5 Å². The smallest absolute Gasteiger partial charge is 0.411 e. The number of carbonyl (C=O) groups is 3. The van der Waals surface area contributed by atoms with E-state index in [1.165, 1.54) is 12.1 Å². The largest absolute Gasteiger partial charge is 0.450 e. The zero-order valence-electron chi connectivity index (χ0n) is 10.9. The molecular weight excluding hydrogens is 303 g/mol. The van der Waals surface area contributed by atoms with E-state index in [1.807, 2.05) is 0 Å². The van der Waals surface area contributed by atoms with Gasteiger partial charge >= 0.3 is 6.09 Å². The SMILES string of the molecule is CCOC(=O)NC1=CC(=O)N(c2ccc(Cl)cc2F)C1=O. The van der Waals surface area contributed by atoms with Crippen LogP contribution in [0.4, 0.5) is 14.9 Å². The van der Waals surface area contributed by atoms with Gasteiger partial charge in [-0.1, -0.05) is 11.6 Å². The lowest BCUT2D eigenvalue weighted by Gasteiger charge is -2.15. The Morgan fingerprint density at radius 1 is 1.43 bits per heavy atom. The van der Waals surface area contributed by atoms with E-state index in [1.54, 1.807) is 6.92 Å². The van der Waals surface area contributed by atoms with Gasteiger partial charge in [-0.2, -0.15) is 0 Å². The fourth-order valence-electron chi connectivity index (χ4n) is 1.73. The number of anilines is 1. The number of nitrogens with one attached hydrogen (secondary N) is 1. The van der Waals surface area contributed by atoms with Gasteiger partial charge in [0.15, 0.2) is 0 Å². The molecule has 8 heteroatoms. The van der Waals surface area contributed by atoms with E-state index >= 15 is 0 Å². The van der Waals surface area contributed by atoms with E-state index in [4.69, 9.17) is 11.6 Å². The summed E-state index contributed by atoms with van der Waals surface area (Å²) >= 11 is 5.61. The van der Waals surface area contributed by atoms with Gasteiger partial charge in [0.2, 0.25) is 0 Å². The van der Waals surface area contributed by atoms with Crippen LogP contribution in [0, 0.1) is 5.82 Å². The number of rotatable bonds is 3. The predicted molar refractivity (Wildman–Crippen MR) is 72.1 cm³/mol. The molecule has 6 nitrogen and oxygen atoms in total. The van der Waals surface area contributed by atoms with E-state index in [0.29, 0.717) is 4.90 Å². The van der Waals surface area contributed by atoms with Crippen molar-refractivity contribution in [3.63, 3.8) is 0 Å². The van der Waals surface area contributed by atoms with Gasteiger partial charge in [0.1, 0.15) is 11.5 Å². The molecule has 0 unspecified atom stereocenters. The summed E-state index contributed by atoms with van der Waals surface area (Å²) in [5.74, 6) is -2.45. The monoisotopic (exact) mass is 312 g/mol. The molecule has 1 aromatic rings. The number of hydrogen-bond acceptors (Lipinski definition) is 4. The first-order chi connectivity index (χ1) is 9.93. The Balaban J connectivity index is 2.24. The van der Waals surface area contributed by atoms with Crippen LogP contribution < -0.4 is 10.2 Å². The number of benzene rings is 1. The minimum Gasteiger partial charge on any atom is -0.450 e. The van der Waals surface area contributed by atoms with E-state index in [9.17, 15) is 18.8 Å². The van der Waals surface area contributed by atoms with Crippen molar-refractivity contribution in [1.29, 1.82) is 0 Å². The second-order valence-corrected chi connectivity index (χ2v) is 4.41. The topological polar surface area (TPSA) is 75.7 Å². The summed E-state index contributed by atoms with van der Waals surface area (Å²) in [5.41, 5.74) is -0.529. The lowest BCUT2D eigenvalue weighted by molar-refractivity contribution is -0.120. The normalized spacial score (nSPS) is 14.2. The van der Waals surface area contributed by atoms with Crippen LogP contribution in [0.15, 0.2) is 30.0 Å². The third kappa shape index (κ3) is 3.03. The maximum absolute atomic E-state index is 13.8. The van der Waals surface area contributed by atoms with Gasteiger partial charge in [-0.15, -0.1) is 0 Å². The number of halogens is 2. The standard InChI is InChI=1S/C13H10ClFN2O4/c1-2-21-13(20)16-9-6-11(18)17(12(9)19)10-4-3-7(14)5-8(10)15/h3-6H,2H2,1H3,(H,16,20). The fraction of sp³-hybridized carbons (Fsp3) is 0.154. The number of nitrogens with zero attached hydrogens (tertiary/aromatic N) is 1. The first kappa shape index (κ1) is 15.0. The summed E-state index contributed by atoms with van der Waals surface area (Å²) in [4.78, 5) is 35.7. The number of imide groups is 1. The Kier molecular flexibility index (Phi) is 4.23. The fourth-order valence-corrected chi connectivity index (χ4v) is 1.89. The van der Waals surface area contributed by atoms with Crippen LogP contribution in [-0.4, -0.2) is 24.5 Å². The van der Waals surface area contributed by atoms with Crippen molar-refractivity contribution >= 4 is 35.2 Å². The van der Waals surface area contributed by atoms with Crippen molar-refractivity contribution in [3.05, 3.63) is 40.8 Å². The molecular formula is C13H10ClFN2O4. The maximum Gasteiger partial charge on any atom is 0.411 e. The van der Waals surface area contributed by atoms with Crippen LogP contribution in [0.1, 0.15) is 6.92 Å². The molecule has 0 saturated heterocycles. The molecule has 1 aliphatic heterocycles. The second kappa shape index (κ2) is 5.92. The van der Waals surface area contributed by atoms with Gasteiger partial charge in [-0.3, -0.25) is 14.9 Å². The first-order valence-electron chi connectivity index (χ1n) is 5.93. The number of ether oxygens (including phenoxy) is 1. The Morgan fingerprint density at radius 3 is 2.76 bits per heavy atom. The Labute approximate surface area is 124 Å². The molecule has 3 amide bonds. The molecule has 0 bridgehead atoms. The van der Waals surface area contributed by atoms with Crippen LogP contribution in [0.5, 0.6) is 0 Å². The van der Waals surface area contributed by atoms with Gasteiger partial charge in [-0.25, -0.2) is 14.1 Å². The summed E-state index contributed by atoms with van der Waals surface area (Å²) < 4.78 is 18.4. The predicted octanol–water partition coefficient (Wildman–Crippen LogP) is 1.98. The molecule has 0 radical (unpaired) electrons. The molecule has 0 aliphatic carbocycles. The molecule has 0 spiro atoms. The molecule has 1 N–H and O–H groups in total. The summed E-state index contributed by atoms with van der Waals surface area (Å²) in [7, 11) is 0. The number of alkyl carbamates (subject to hydrolysis) is 1. The highest BCUT2D eigenvalue weighted by Crippen LogP contribution is 2.26. The Hall–Kier alpha value is -2.41. The molecule has 0 atom stereocenters. The molecule has 2 rings (SSSR count). The third-order valence-corrected chi connectivity index (χ3v) is 2.82. The van der Waals surface area contributed by atoms with Crippen molar-refractivity contribution in [2.45, 2.75) is 6.92 Å². The van der Waals surface area contributed by atoms with Crippen molar-refractivity contribution in [2.24, 2.45) is 0 Å². The molecule has 1 heterocycles. The minimum atomic E-state index is -0.872. The molecule has 0 saturated carbocycles. The van der Waals surface area contributed by atoms with Crippen LogP contribution in [-0.2, 0) is 14.3 Å². The summed E-state index contributed by atoms with van der Waals surface area (Å²) in [6.45, 7) is 1.70. The average molecular weight is 313 g/mol. The van der Waals surface area contributed by atoms with E-state index in [0.717, 1.165) is 12.1 Å². The zero-order chi connectivity index (χ0) is 15.6. The van der Waals surface area contributed by atoms with Gasteiger partial charge in [-0.05, 0) is 25.1 Å². The van der Waals surface area contributed by atoms with Crippen LogP contribution >= 0.6 is 11.6 Å². The molecule has 1 aromatic carbocycles. The highest BCUT2D eigenvalue weighted by atomic mass is 35.5. The maximum atomic E-state index is 13.8. The number of carbonyl (C=O) groups excluding carboxylic acids is 3. The Bertz CT molecular complexity index is 660. The molecule has 21 heavy (non-hydrogen) atoms. The van der Waals surface area contributed by atoms with Gasteiger partial charge < -0.3 is 4.74 Å². The van der Waals surface area contributed by atoms with Gasteiger partial charge in [0.05, 0.1) is 12.3 Å². The quantitative estimate of drug-likeness (QED) is 0.866. The van der Waals surface area contributed by atoms with Crippen LogP contribution in [0.3, 0.4) is 0 Å². The molecule has 1 aliphatic rings. The molecule has 0 fully saturated rings. The van der Waals surface area contributed by atoms with Crippen LogP contribution in [0.2, 0.25) is 5.02 Å². The van der Waals surface area contributed by atoms with Crippen molar-refractivity contribution in [1.82, 2.24) is 5.32 Å². The second-order valence-electron chi connectivity index (χ2n) is 3.98. The first-order valence-corrected chi connectivity index (χ1v) is 6.30.